The molecule has 0 aliphatic rings. The van der Waals surface area contributed by atoms with Crippen LogP contribution in [0.4, 0.5) is 0 Å². The van der Waals surface area contributed by atoms with Crippen LogP contribution in [0.2, 0.25) is 5.02 Å². The second kappa shape index (κ2) is 8.82. The number of aliphatic hydroxyl groups is 1. The van der Waals surface area contributed by atoms with Crippen molar-refractivity contribution in [2.75, 3.05) is 20.3 Å². The maximum atomic E-state index is 9.59. The Kier molecular flexibility index (Phi) is 7.80. The molecule has 1 aromatic carbocycles. The smallest absolute Gasteiger partial charge is 0.0631 e. The van der Waals surface area contributed by atoms with Crippen molar-refractivity contribution in [3.8, 4) is 0 Å². The Morgan fingerprint density at radius 2 is 2.16 bits per heavy atom. The molecule has 0 radical (unpaired) electrons. The van der Waals surface area contributed by atoms with Crippen LogP contribution in [0, 0.1) is 0 Å². The van der Waals surface area contributed by atoms with Gasteiger partial charge >= 0.3 is 0 Å². The lowest BCUT2D eigenvalue weighted by Gasteiger charge is -2.17. The zero-order chi connectivity index (χ0) is 14.3. The minimum Gasteiger partial charge on any atom is -0.392 e. The second-order valence-corrected chi connectivity index (χ2v) is 6.34. The molecule has 0 amide bonds. The van der Waals surface area contributed by atoms with E-state index in [0.29, 0.717) is 6.61 Å². The van der Waals surface area contributed by atoms with Gasteiger partial charge in [-0.15, -0.1) is 11.8 Å². The predicted octanol–water partition coefficient (Wildman–Crippen LogP) is 2.94. The van der Waals surface area contributed by atoms with E-state index in [9.17, 15) is 5.11 Å². The molecular weight excluding hydrogens is 282 g/mol. The van der Waals surface area contributed by atoms with Gasteiger partial charge in [-0.2, -0.15) is 0 Å². The summed E-state index contributed by atoms with van der Waals surface area (Å²) in [5, 5.41) is 13.8. The third kappa shape index (κ3) is 6.15. The fourth-order valence-electron chi connectivity index (χ4n) is 1.50. The molecule has 0 saturated heterocycles. The number of aliphatic hydroxyl groups excluding tert-OH is 1. The summed E-state index contributed by atoms with van der Waals surface area (Å²) >= 11 is 7.72. The Morgan fingerprint density at radius 1 is 1.42 bits per heavy atom. The zero-order valence-electron chi connectivity index (χ0n) is 11.6. The van der Waals surface area contributed by atoms with E-state index in [1.165, 1.54) is 0 Å². The maximum Gasteiger partial charge on any atom is 0.0631 e. The zero-order valence-corrected chi connectivity index (χ0v) is 13.2. The van der Waals surface area contributed by atoms with Crippen LogP contribution in [-0.4, -0.2) is 36.7 Å². The number of hydrogen-bond donors (Lipinski definition) is 2. The molecule has 108 valence electrons. The van der Waals surface area contributed by atoms with Gasteiger partial charge in [-0.25, -0.2) is 0 Å². The molecule has 0 saturated carbocycles. The molecular formula is C14H22ClNO2S. The van der Waals surface area contributed by atoms with Crippen molar-refractivity contribution in [3.63, 3.8) is 0 Å². The van der Waals surface area contributed by atoms with Gasteiger partial charge in [0, 0.05) is 35.4 Å². The van der Waals surface area contributed by atoms with Crippen molar-refractivity contribution in [1.29, 1.82) is 0 Å². The summed E-state index contributed by atoms with van der Waals surface area (Å²) in [6.07, 6.45) is -0.338. The third-order valence-electron chi connectivity index (χ3n) is 2.81. The molecule has 0 fully saturated rings. The lowest BCUT2D eigenvalue weighted by molar-refractivity contribution is 0.196. The number of hydrogen-bond acceptors (Lipinski definition) is 4. The predicted molar refractivity (Wildman–Crippen MR) is 82.0 cm³/mol. The lowest BCUT2D eigenvalue weighted by Crippen LogP contribution is -2.19. The molecule has 1 rings (SSSR count). The summed E-state index contributed by atoms with van der Waals surface area (Å²) in [4.78, 5) is 1.16. The summed E-state index contributed by atoms with van der Waals surface area (Å²) in [7, 11) is 1.69. The van der Waals surface area contributed by atoms with Crippen molar-refractivity contribution in [3.05, 3.63) is 28.8 Å². The van der Waals surface area contributed by atoms with E-state index in [1.54, 1.807) is 18.9 Å². The molecule has 19 heavy (non-hydrogen) atoms. The Hall–Kier alpha value is -0.260. The quantitative estimate of drug-likeness (QED) is 0.572. The van der Waals surface area contributed by atoms with Crippen LogP contribution in [0.15, 0.2) is 23.1 Å². The van der Waals surface area contributed by atoms with Crippen molar-refractivity contribution in [2.45, 2.75) is 36.6 Å². The summed E-state index contributed by atoms with van der Waals surface area (Å²) in [5.41, 5.74) is 1.15. The first-order valence-electron chi connectivity index (χ1n) is 6.37. The Bertz CT molecular complexity index is 388. The number of methoxy groups -OCH3 is 1. The highest BCUT2D eigenvalue weighted by Gasteiger charge is 2.13. The van der Waals surface area contributed by atoms with E-state index in [1.807, 2.05) is 32.0 Å². The molecule has 0 aromatic heterocycles. The first-order chi connectivity index (χ1) is 9.04. The van der Waals surface area contributed by atoms with Gasteiger partial charge in [-0.3, -0.25) is 0 Å². The van der Waals surface area contributed by atoms with E-state index in [-0.39, 0.29) is 11.4 Å². The van der Waals surface area contributed by atoms with Gasteiger partial charge < -0.3 is 15.2 Å². The van der Waals surface area contributed by atoms with E-state index < -0.39 is 0 Å². The minimum absolute atomic E-state index is 0.152. The molecule has 0 bridgehead atoms. The Morgan fingerprint density at radius 3 is 2.79 bits per heavy atom. The highest BCUT2D eigenvalue weighted by Crippen LogP contribution is 2.30. The van der Waals surface area contributed by atoms with Crippen molar-refractivity contribution in [2.24, 2.45) is 0 Å². The van der Waals surface area contributed by atoms with E-state index >= 15 is 0 Å². The van der Waals surface area contributed by atoms with E-state index in [4.69, 9.17) is 16.3 Å². The number of benzene rings is 1. The van der Waals surface area contributed by atoms with Crippen LogP contribution >= 0.6 is 23.4 Å². The first kappa shape index (κ1) is 16.8. The standard InChI is InChI=1S/C14H22ClNO2S/c1-10(17)11(2)19-14-5-4-13(15)8-12(14)9-16-6-7-18-3/h4-5,8,10-11,16-17H,6-7,9H2,1-3H3. The summed E-state index contributed by atoms with van der Waals surface area (Å²) in [6, 6.07) is 5.87. The van der Waals surface area contributed by atoms with Gasteiger partial charge in [0.15, 0.2) is 0 Å². The van der Waals surface area contributed by atoms with Crippen LogP contribution in [-0.2, 0) is 11.3 Å². The number of rotatable bonds is 8. The number of halogens is 1. The van der Waals surface area contributed by atoms with Crippen LogP contribution in [0.1, 0.15) is 19.4 Å². The molecule has 2 unspecified atom stereocenters. The van der Waals surface area contributed by atoms with Crippen LogP contribution in [0.5, 0.6) is 0 Å². The number of thioether (sulfide) groups is 1. The van der Waals surface area contributed by atoms with Crippen molar-refractivity contribution < 1.29 is 9.84 Å². The number of ether oxygens (including phenoxy) is 1. The summed E-state index contributed by atoms with van der Waals surface area (Å²) in [5.74, 6) is 0. The highest BCUT2D eigenvalue weighted by molar-refractivity contribution is 8.00. The fourth-order valence-corrected chi connectivity index (χ4v) is 2.72. The average molecular weight is 304 g/mol. The van der Waals surface area contributed by atoms with Gasteiger partial charge in [0.1, 0.15) is 0 Å². The van der Waals surface area contributed by atoms with Crippen molar-refractivity contribution in [1.82, 2.24) is 5.32 Å². The highest BCUT2D eigenvalue weighted by atomic mass is 35.5. The molecule has 0 aliphatic heterocycles. The minimum atomic E-state index is -0.338. The normalized spacial score (nSPS) is 14.4. The maximum absolute atomic E-state index is 9.59. The topological polar surface area (TPSA) is 41.5 Å². The molecule has 0 aliphatic carbocycles. The van der Waals surface area contributed by atoms with Crippen LogP contribution in [0.25, 0.3) is 0 Å². The molecule has 0 heterocycles. The van der Waals surface area contributed by atoms with Gasteiger partial charge in [0.25, 0.3) is 0 Å². The van der Waals surface area contributed by atoms with E-state index in [0.717, 1.165) is 28.6 Å². The molecule has 2 atom stereocenters. The lowest BCUT2D eigenvalue weighted by atomic mass is 10.2. The molecule has 1 aromatic rings. The molecule has 3 nitrogen and oxygen atoms in total. The average Bonchev–Trinajstić information content (AvgIpc) is 2.37. The van der Waals surface area contributed by atoms with Crippen molar-refractivity contribution >= 4 is 23.4 Å². The van der Waals surface area contributed by atoms with Crippen LogP contribution in [0.3, 0.4) is 0 Å². The monoisotopic (exact) mass is 303 g/mol. The summed E-state index contributed by atoms with van der Waals surface area (Å²) < 4.78 is 5.00. The van der Waals surface area contributed by atoms with Gasteiger partial charge in [-0.05, 0) is 30.7 Å². The Labute approximate surface area is 124 Å². The molecule has 0 spiro atoms. The van der Waals surface area contributed by atoms with Gasteiger partial charge in [0.2, 0.25) is 0 Å². The summed E-state index contributed by atoms with van der Waals surface area (Å²) in [6.45, 7) is 6.07. The van der Waals surface area contributed by atoms with E-state index in [2.05, 4.69) is 5.32 Å². The SMILES string of the molecule is COCCNCc1cc(Cl)ccc1SC(C)C(C)O. The molecule has 2 N–H and O–H groups in total. The third-order valence-corrected chi connectivity index (χ3v) is 4.47. The molecule has 5 heteroatoms. The van der Waals surface area contributed by atoms with Gasteiger partial charge in [-0.1, -0.05) is 18.5 Å². The largest absolute Gasteiger partial charge is 0.392 e. The Balaban J connectivity index is 2.68. The fraction of sp³-hybridized carbons (Fsp3) is 0.571. The number of nitrogens with one attached hydrogen (secondary N) is 1. The van der Waals surface area contributed by atoms with Gasteiger partial charge in [0.05, 0.1) is 12.7 Å². The van der Waals surface area contributed by atoms with Crippen LogP contribution < -0.4 is 5.32 Å². The first-order valence-corrected chi connectivity index (χ1v) is 7.63. The second-order valence-electron chi connectivity index (χ2n) is 4.49.